The molecule has 0 aliphatic carbocycles. The first-order valence-electron chi connectivity index (χ1n) is 22.3. The quantitative estimate of drug-likeness (QED) is 0.0421. The minimum Gasteiger partial charge on any atom is -0.490 e. The van der Waals surface area contributed by atoms with Gasteiger partial charge in [0, 0.05) is 24.9 Å². The number of likely N-dealkylation sites (tertiary alicyclic amines) is 1. The number of fused-ring (bicyclic) bond motifs is 1. The molecule has 2 N–H and O–H groups in total. The number of rotatable bonds is 18. The van der Waals surface area contributed by atoms with E-state index >= 15 is 0 Å². The van der Waals surface area contributed by atoms with Crippen molar-refractivity contribution in [2.24, 2.45) is 16.4 Å². The number of azide groups is 1. The van der Waals surface area contributed by atoms with E-state index in [1.54, 1.807) is 80.5 Å². The van der Waals surface area contributed by atoms with Crippen LogP contribution in [0.25, 0.3) is 21.2 Å². The molecule has 16 nitrogen and oxygen atoms in total. The van der Waals surface area contributed by atoms with Gasteiger partial charge in [0.1, 0.15) is 41.7 Å². The van der Waals surface area contributed by atoms with Gasteiger partial charge in [0.15, 0.2) is 5.78 Å². The molecule has 0 saturated carbocycles. The lowest BCUT2D eigenvalue weighted by Crippen LogP contribution is -2.60. The lowest BCUT2D eigenvalue weighted by Gasteiger charge is -2.37. The normalized spacial score (nSPS) is 17.0. The molecular weight excluding hydrogens is 843 g/mol. The molecular formula is C50H67N7O9. The molecule has 0 bridgehead atoms. The average molecular weight is 910 g/mol. The van der Waals surface area contributed by atoms with Gasteiger partial charge < -0.3 is 29.7 Å². The minimum atomic E-state index is -1.22. The van der Waals surface area contributed by atoms with Crippen molar-refractivity contribution in [3.05, 3.63) is 101 Å². The fourth-order valence-corrected chi connectivity index (χ4v) is 7.49. The monoisotopic (exact) mass is 910 g/mol. The summed E-state index contributed by atoms with van der Waals surface area (Å²) >= 11 is 0. The van der Waals surface area contributed by atoms with Crippen LogP contribution in [0.2, 0.25) is 0 Å². The van der Waals surface area contributed by atoms with E-state index in [0.29, 0.717) is 12.4 Å². The Labute approximate surface area is 388 Å². The number of ether oxygens (including phenoxy) is 3. The van der Waals surface area contributed by atoms with Crippen LogP contribution in [0, 0.1) is 11.3 Å². The summed E-state index contributed by atoms with van der Waals surface area (Å²) in [6.45, 7) is 21.0. The summed E-state index contributed by atoms with van der Waals surface area (Å²) in [6.07, 6.45) is 0.761. The Morgan fingerprint density at radius 1 is 0.879 bits per heavy atom. The third-order valence-corrected chi connectivity index (χ3v) is 11.0. The second kappa shape index (κ2) is 22.2. The number of esters is 1. The zero-order valence-electron chi connectivity index (χ0n) is 40.3. The number of Topliss-reactive ketones (excluding diaryl/α,β-unsaturated/α-hetero) is 1. The Bertz CT molecular complexity index is 2290. The van der Waals surface area contributed by atoms with Crippen LogP contribution in [0.3, 0.4) is 0 Å². The first-order valence-corrected chi connectivity index (χ1v) is 22.3. The van der Waals surface area contributed by atoms with Gasteiger partial charge in [-0.15, -0.1) is 0 Å². The summed E-state index contributed by atoms with van der Waals surface area (Å²) in [5, 5.41) is 11.5. The van der Waals surface area contributed by atoms with Crippen molar-refractivity contribution in [2.45, 2.75) is 136 Å². The molecule has 6 atom stereocenters. The molecule has 16 heteroatoms. The topological polar surface area (TPSA) is 209 Å². The van der Waals surface area contributed by atoms with Crippen LogP contribution in [-0.4, -0.2) is 107 Å². The highest BCUT2D eigenvalue weighted by Gasteiger charge is 2.46. The maximum absolute atomic E-state index is 14.7. The number of nitrogens with zero attached hydrogens (tertiary/aromatic N) is 5. The fraction of sp³-hybridized carbons (Fsp3) is 0.520. The molecule has 1 saturated heterocycles. The predicted molar refractivity (Wildman–Crippen MR) is 252 cm³/mol. The smallest absolute Gasteiger partial charge is 0.410 e. The van der Waals surface area contributed by atoms with Crippen molar-refractivity contribution in [1.29, 1.82) is 0 Å². The largest absolute Gasteiger partial charge is 0.490 e. The van der Waals surface area contributed by atoms with E-state index in [2.05, 4.69) is 27.2 Å². The van der Waals surface area contributed by atoms with Gasteiger partial charge in [-0.05, 0) is 113 Å². The Balaban J connectivity index is 1.68. The number of benzene rings is 3. The molecule has 1 heterocycles. The summed E-state index contributed by atoms with van der Waals surface area (Å²) in [5.74, 6) is -3.28. The Kier molecular flexibility index (Phi) is 17.6. The lowest BCUT2D eigenvalue weighted by molar-refractivity contribution is -0.161. The predicted octanol–water partition coefficient (Wildman–Crippen LogP) is 7.66. The standard InChI is InChI=1S/C50H67N7O9/c1-13-24-64-38-22-19-32(20-23-38)25-36(46(62)65-49(6,7)8)28-41(58)39(27-33-18-21-34-16-14-15-17-35(34)26-33)52-44(60)40-29-37(54-55-51)30-57(40)45(61)42(48(3,4)5)53-43(59)31(2)56(12)47(63)66-50(9,10)11/h13-23,26,31,36-37,39-40,42H,1,24-25,27-30H2,2-12H3,(H,52,60)(H,53,59)/t31-,36+,37-,39-,40-,42+/m0/s1. The van der Waals surface area contributed by atoms with E-state index in [1.165, 1.54) is 18.9 Å². The first-order chi connectivity index (χ1) is 30.8. The summed E-state index contributed by atoms with van der Waals surface area (Å²) in [4.78, 5) is 89.8. The maximum atomic E-state index is 14.7. The van der Waals surface area contributed by atoms with Crippen molar-refractivity contribution >= 4 is 46.3 Å². The minimum absolute atomic E-state index is 0.0515. The third-order valence-electron chi connectivity index (χ3n) is 11.0. The molecule has 1 aliphatic rings. The highest BCUT2D eigenvalue weighted by molar-refractivity contribution is 5.97. The average Bonchev–Trinajstić information content (AvgIpc) is 3.66. The number of nitrogens with one attached hydrogen (secondary N) is 2. The summed E-state index contributed by atoms with van der Waals surface area (Å²) in [5.41, 5.74) is 8.37. The summed E-state index contributed by atoms with van der Waals surface area (Å²) in [6, 6.07) is 15.2. The van der Waals surface area contributed by atoms with E-state index in [4.69, 9.17) is 14.2 Å². The molecule has 1 aliphatic heterocycles. The van der Waals surface area contributed by atoms with Gasteiger partial charge in [-0.1, -0.05) is 93.1 Å². The van der Waals surface area contributed by atoms with Gasteiger partial charge in [0.25, 0.3) is 0 Å². The number of likely N-dealkylation sites (N-methyl/N-ethyl adjacent to an activating group) is 1. The van der Waals surface area contributed by atoms with Crippen LogP contribution in [0.15, 0.2) is 84.5 Å². The van der Waals surface area contributed by atoms with Crippen LogP contribution >= 0.6 is 0 Å². The van der Waals surface area contributed by atoms with Crippen molar-refractivity contribution in [3.8, 4) is 5.75 Å². The molecule has 4 rings (SSSR count). The second-order valence-electron chi connectivity index (χ2n) is 20.0. The molecule has 4 amide bonds. The number of ketones is 1. The molecule has 356 valence electrons. The van der Waals surface area contributed by atoms with Gasteiger partial charge in [0.2, 0.25) is 17.7 Å². The number of hydrogen-bond donors (Lipinski definition) is 2. The molecule has 3 aromatic rings. The van der Waals surface area contributed by atoms with Crippen LogP contribution in [-0.2, 0) is 46.3 Å². The Morgan fingerprint density at radius 3 is 2.09 bits per heavy atom. The Morgan fingerprint density at radius 2 is 1.50 bits per heavy atom. The molecule has 0 unspecified atom stereocenters. The van der Waals surface area contributed by atoms with Gasteiger partial charge >= 0.3 is 12.1 Å². The van der Waals surface area contributed by atoms with Crippen molar-refractivity contribution < 1.29 is 43.0 Å². The molecule has 0 aromatic heterocycles. The highest BCUT2D eigenvalue weighted by Crippen LogP contribution is 2.29. The van der Waals surface area contributed by atoms with Gasteiger partial charge in [0.05, 0.1) is 18.0 Å². The highest BCUT2D eigenvalue weighted by atomic mass is 16.6. The van der Waals surface area contributed by atoms with Crippen LogP contribution < -0.4 is 15.4 Å². The van der Waals surface area contributed by atoms with E-state index in [9.17, 15) is 34.3 Å². The summed E-state index contributed by atoms with van der Waals surface area (Å²) < 4.78 is 16.9. The molecule has 1 fully saturated rings. The van der Waals surface area contributed by atoms with Crippen LogP contribution in [0.1, 0.15) is 93.2 Å². The van der Waals surface area contributed by atoms with Gasteiger partial charge in [-0.2, -0.15) is 0 Å². The third kappa shape index (κ3) is 15.1. The SMILES string of the molecule is C=CCOc1ccc(C[C@H](CC(=O)[C@H](Cc2ccc3ccccc3c2)NC(=O)[C@@H]2C[C@H](N=[N+]=[N-])CN2C(=O)[C@@H](NC(=O)[C@H](C)N(C)C(=O)OC(C)(C)C)C(C)(C)C)C(=O)OC(C)(C)C)cc1. The zero-order chi connectivity index (χ0) is 49.1. The van der Waals surface area contributed by atoms with Gasteiger partial charge in [-0.3, -0.25) is 28.9 Å². The second-order valence-corrected chi connectivity index (χ2v) is 20.0. The van der Waals surface area contributed by atoms with Crippen molar-refractivity contribution in [2.75, 3.05) is 20.2 Å². The number of hydrogen-bond acceptors (Lipinski definition) is 10. The number of amides is 4. The van der Waals surface area contributed by atoms with Crippen molar-refractivity contribution in [1.82, 2.24) is 20.4 Å². The molecule has 3 aromatic carbocycles. The van der Waals surface area contributed by atoms with E-state index in [0.717, 1.165) is 26.8 Å². The molecule has 0 radical (unpaired) electrons. The van der Waals surface area contributed by atoms with E-state index in [1.807, 2.05) is 54.6 Å². The van der Waals surface area contributed by atoms with Crippen molar-refractivity contribution in [3.63, 3.8) is 0 Å². The zero-order valence-corrected chi connectivity index (χ0v) is 40.3. The van der Waals surface area contributed by atoms with Gasteiger partial charge in [-0.25, -0.2) is 4.79 Å². The van der Waals surface area contributed by atoms with Crippen LogP contribution in [0.5, 0.6) is 5.75 Å². The van der Waals surface area contributed by atoms with E-state index in [-0.39, 0.29) is 32.2 Å². The lowest BCUT2D eigenvalue weighted by atomic mass is 9.85. The Hall–Kier alpha value is -6.41. The maximum Gasteiger partial charge on any atom is 0.410 e. The molecule has 66 heavy (non-hydrogen) atoms. The van der Waals surface area contributed by atoms with Crippen LogP contribution in [0.4, 0.5) is 4.79 Å². The fourth-order valence-electron chi connectivity index (χ4n) is 7.49. The number of carbonyl (C=O) groups is 6. The summed E-state index contributed by atoms with van der Waals surface area (Å²) in [7, 11) is 1.42. The molecule has 0 spiro atoms. The van der Waals surface area contributed by atoms with E-state index < -0.39 is 88.3 Å². The first kappa shape index (κ1) is 52.2. The number of carbonyl (C=O) groups excluding carboxylic acids is 6.